The van der Waals surface area contributed by atoms with E-state index < -0.39 is 11.6 Å². The Balaban J connectivity index is 1.13. The van der Waals surface area contributed by atoms with Crippen LogP contribution in [0.3, 0.4) is 0 Å². The van der Waals surface area contributed by atoms with Gasteiger partial charge in [-0.05, 0) is 62.9 Å². The number of ether oxygens (including phenoxy) is 1. The first-order chi connectivity index (χ1) is 17.1. The van der Waals surface area contributed by atoms with Gasteiger partial charge in [-0.1, -0.05) is 12.1 Å². The van der Waals surface area contributed by atoms with Gasteiger partial charge in [0.15, 0.2) is 0 Å². The van der Waals surface area contributed by atoms with Crippen LogP contribution in [0.1, 0.15) is 62.0 Å². The summed E-state index contributed by atoms with van der Waals surface area (Å²) in [5, 5.41) is 13.5. The van der Waals surface area contributed by atoms with Gasteiger partial charge < -0.3 is 20.1 Å². The molecule has 3 saturated heterocycles. The molecule has 1 amide bonds. The second-order valence-corrected chi connectivity index (χ2v) is 11.5. The SMILES string of the molecule is CC12CCC(O1)C1CN(C3=NCc4cc(CC(=O)N[C@@H](c5ccc(F)cc5)C(C)(C)O)ncc43)CC12. The molecule has 2 bridgehead atoms. The van der Waals surface area contributed by atoms with E-state index in [0.717, 1.165) is 42.9 Å². The van der Waals surface area contributed by atoms with Gasteiger partial charge in [-0.2, -0.15) is 0 Å². The lowest BCUT2D eigenvalue weighted by Gasteiger charge is -2.30. The summed E-state index contributed by atoms with van der Waals surface area (Å²) in [4.78, 5) is 24.8. The molecule has 0 aliphatic carbocycles. The van der Waals surface area contributed by atoms with E-state index in [9.17, 15) is 14.3 Å². The van der Waals surface area contributed by atoms with Crippen LogP contribution >= 0.6 is 0 Å². The van der Waals surface area contributed by atoms with Gasteiger partial charge in [-0.15, -0.1) is 0 Å². The van der Waals surface area contributed by atoms with Crippen LogP contribution < -0.4 is 5.32 Å². The van der Waals surface area contributed by atoms with Crippen molar-refractivity contribution >= 4 is 11.7 Å². The quantitative estimate of drug-likeness (QED) is 0.670. The predicted molar refractivity (Wildman–Crippen MR) is 133 cm³/mol. The number of aliphatic imine (C=N–C) groups is 1. The number of aliphatic hydroxyl groups is 1. The van der Waals surface area contributed by atoms with Crippen LogP contribution in [-0.2, 0) is 22.5 Å². The highest BCUT2D eigenvalue weighted by atomic mass is 19.1. The maximum Gasteiger partial charge on any atom is 0.226 e. The highest BCUT2D eigenvalue weighted by Gasteiger charge is 2.60. The second-order valence-electron chi connectivity index (χ2n) is 11.5. The number of nitrogens with one attached hydrogen (secondary N) is 1. The molecule has 36 heavy (non-hydrogen) atoms. The van der Waals surface area contributed by atoms with E-state index in [1.165, 1.54) is 12.1 Å². The van der Waals surface area contributed by atoms with Crippen LogP contribution in [0.15, 0.2) is 41.5 Å². The normalized spacial score (nSPS) is 29.2. The van der Waals surface area contributed by atoms with E-state index in [0.29, 0.717) is 35.7 Å². The van der Waals surface area contributed by atoms with Crippen molar-refractivity contribution in [1.82, 2.24) is 15.2 Å². The first-order valence-electron chi connectivity index (χ1n) is 12.8. The Bertz CT molecular complexity index is 1220. The predicted octanol–water partition coefficient (Wildman–Crippen LogP) is 3.15. The number of pyridine rings is 1. The monoisotopic (exact) mass is 492 g/mol. The number of hydrogen-bond acceptors (Lipinski definition) is 6. The van der Waals surface area contributed by atoms with Gasteiger partial charge in [0.25, 0.3) is 0 Å². The lowest BCUT2D eigenvalue weighted by Crippen LogP contribution is -2.42. The smallest absolute Gasteiger partial charge is 0.226 e. The summed E-state index contributed by atoms with van der Waals surface area (Å²) in [6, 6.07) is 7.10. The molecule has 3 fully saturated rings. The van der Waals surface area contributed by atoms with Crippen molar-refractivity contribution in [2.24, 2.45) is 16.8 Å². The fourth-order valence-electron chi connectivity index (χ4n) is 6.68. The molecule has 6 rings (SSSR count). The Morgan fingerprint density at radius 2 is 2.11 bits per heavy atom. The Labute approximate surface area is 210 Å². The Morgan fingerprint density at radius 3 is 2.83 bits per heavy atom. The minimum atomic E-state index is -1.22. The lowest BCUT2D eigenvalue weighted by atomic mass is 9.75. The van der Waals surface area contributed by atoms with E-state index in [-0.39, 0.29) is 23.7 Å². The zero-order chi connectivity index (χ0) is 25.2. The molecule has 2 N–H and O–H groups in total. The van der Waals surface area contributed by atoms with Crippen LogP contribution in [-0.4, -0.2) is 57.1 Å². The fraction of sp³-hybridized carbons (Fsp3) is 0.536. The summed E-state index contributed by atoms with van der Waals surface area (Å²) >= 11 is 0. The summed E-state index contributed by atoms with van der Waals surface area (Å²) in [6.07, 6.45) is 4.63. The van der Waals surface area contributed by atoms with Crippen molar-refractivity contribution in [3.63, 3.8) is 0 Å². The fourth-order valence-corrected chi connectivity index (χ4v) is 6.68. The summed E-state index contributed by atoms with van der Waals surface area (Å²) in [5.74, 6) is 1.54. The van der Waals surface area contributed by atoms with Crippen LogP contribution in [0, 0.1) is 17.7 Å². The zero-order valence-electron chi connectivity index (χ0n) is 21.0. The number of carbonyl (C=O) groups excluding carboxylic acids is 1. The van der Waals surface area contributed by atoms with E-state index in [1.807, 2.05) is 12.3 Å². The van der Waals surface area contributed by atoms with Crippen molar-refractivity contribution in [3.8, 4) is 0 Å². The summed E-state index contributed by atoms with van der Waals surface area (Å²) < 4.78 is 19.7. The van der Waals surface area contributed by atoms with Crippen molar-refractivity contribution in [2.45, 2.75) is 69.9 Å². The van der Waals surface area contributed by atoms with E-state index >= 15 is 0 Å². The first kappa shape index (κ1) is 23.6. The summed E-state index contributed by atoms with van der Waals surface area (Å²) in [5.41, 5.74) is 2.23. The number of likely N-dealkylation sites (tertiary alicyclic amines) is 1. The Morgan fingerprint density at radius 1 is 1.33 bits per heavy atom. The third-order valence-electron chi connectivity index (χ3n) is 8.52. The number of halogens is 1. The maximum atomic E-state index is 13.4. The number of carbonyl (C=O) groups is 1. The molecule has 5 atom stereocenters. The number of rotatable bonds is 5. The van der Waals surface area contributed by atoms with E-state index in [2.05, 4.69) is 22.1 Å². The molecular weight excluding hydrogens is 459 g/mol. The first-order valence-corrected chi connectivity index (χ1v) is 12.8. The molecule has 190 valence electrons. The molecule has 1 aromatic heterocycles. The topological polar surface area (TPSA) is 87.0 Å². The van der Waals surface area contributed by atoms with Gasteiger partial charge in [0, 0.05) is 36.7 Å². The number of aromatic nitrogens is 1. The number of amides is 1. The van der Waals surface area contributed by atoms with Crippen LogP contribution in [0.2, 0.25) is 0 Å². The van der Waals surface area contributed by atoms with Gasteiger partial charge in [0.2, 0.25) is 5.91 Å². The van der Waals surface area contributed by atoms with Crippen molar-refractivity contribution < 1.29 is 19.0 Å². The largest absolute Gasteiger partial charge is 0.388 e. The van der Waals surface area contributed by atoms with Crippen molar-refractivity contribution in [2.75, 3.05) is 13.1 Å². The van der Waals surface area contributed by atoms with Gasteiger partial charge in [-0.25, -0.2) is 4.39 Å². The summed E-state index contributed by atoms with van der Waals surface area (Å²) in [6.45, 7) is 8.06. The number of benzene rings is 1. The van der Waals surface area contributed by atoms with Gasteiger partial charge in [0.1, 0.15) is 11.7 Å². The highest BCUT2D eigenvalue weighted by molar-refractivity contribution is 6.02. The molecule has 0 radical (unpaired) electrons. The molecule has 4 unspecified atom stereocenters. The minimum absolute atomic E-state index is 0.0104. The molecule has 4 aliphatic rings. The van der Waals surface area contributed by atoms with Gasteiger partial charge >= 0.3 is 0 Å². The average Bonchev–Trinajstić information content (AvgIpc) is 3.57. The molecule has 0 saturated carbocycles. The van der Waals surface area contributed by atoms with Gasteiger partial charge in [0.05, 0.1) is 42.0 Å². The lowest BCUT2D eigenvalue weighted by molar-refractivity contribution is -0.123. The van der Waals surface area contributed by atoms with Crippen molar-refractivity contribution in [1.29, 1.82) is 0 Å². The molecular formula is C28H33FN4O3. The number of hydrogen-bond donors (Lipinski definition) is 2. The molecule has 5 heterocycles. The van der Waals surface area contributed by atoms with Crippen LogP contribution in [0.4, 0.5) is 4.39 Å². The molecule has 4 aliphatic heterocycles. The molecule has 8 heteroatoms. The number of amidine groups is 1. The molecule has 1 aromatic carbocycles. The zero-order valence-corrected chi connectivity index (χ0v) is 21.0. The third-order valence-corrected chi connectivity index (χ3v) is 8.52. The molecule has 2 aromatic rings. The summed E-state index contributed by atoms with van der Waals surface area (Å²) in [7, 11) is 0. The van der Waals surface area contributed by atoms with Crippen molar-refractivity contribution in [3.05, 3.63) is 64.7 Å². The number of fused-ring (bicyclic) bond motifs is 6. The van der Waals surface area contributed by atoms with E-state index in [1.54, 1.807) is 26.0 Å². The van der Waals surface area contributed by atoms with Gasteiger partial charge in [-0.3, -0.25) is 14.8 Å². The average molecular weight is 493 g/mol. The Hall–Kier alpha value is -2.84. The Kier molecular flexibility index (Phi) is 5.46. The highest BCUT2D eigenvalue weighted by Crippen LogP contribution is 2.54. The van der Waals surface area contributed by atoms with E-state index in [4.69, 9.17) is 9.73 Å². The number of nitrogens with zero attached hydrogens (tertiary/aromatic N) is 3. The molecule has 7 nitrogen and oxygen atoms in total. The van der Waals surface area contributed by atoms with Crippen LogP contribution in [0.5, 0.6) is 0 Å². The maximum absolute atomic E-state index is 13.4. The molecule has 0 spiro atoms. The third kappa shape index (κ3) is 4.00. The van der Waals surface area contributed by atoms with Crippen LogP contribution in [0.25, 0.3) is 0 Å². The minimum Gasteiger partial charge on any atom is -0.388 e. The second kappa shape index (κ2) is 8.35. The standard InChI is InChI=1S/C28H33FN4O3/c1-27(2,35)25(16-4-6-18(29)7-5-16)32-24(34)11-19-10-17-12-31-26(20(17)13-30-19)33-14-21-22(15-33)28(3)9-8-23(21)36-28/h4-7,10,13,21-23,25,35H,8-9,11-12,14-15H2,1-3H3,(H,32,34)/t21?,22?,23?,25-,28?/m0/s1.